The molecule has 3 atom stereocenters. The van der Waals surface area contributed by atoms with Crippen molar-refractivity contribution in [1.82, 2.24) is 30.1 Å². The third-order valence-corrected chi connectivity index (χ3v) is 14.6. The number of benzene rings is 4. The van der Waals surface area contributed by atoms with Crippen molar-refractivity contribution in [2.45, 2.75) is 77.7 Å². The number of fused-ring (bicyclic) bond motifs is 2. The van der Waals surface area contributed by atoms with Crippen LogP contribution in [0.1, 0.15) is 66.7 Å². The summed E-state index contributed by atoms with van der Waals surface area (Å²) in [6, 6.07) is 19.3. The molecular weight excluding hydrogens is 1050 g/mol. The molecule has 0 radical (unpaired) electrons. The van der Waals surface area contributed by atoms with Crippen molar-refractivity contribution in [2.75, 3.05) is 85.0 Å². The SMILES string of the molecule is COc1cc2ncnc(Nc3ccc(F)c(Cl)c3)c2cc1OCCOCCOCCCCCOCCOCCOc1cc(-c2scnc2C)ccc1CNC(=O)[C@@H]1C[C@@H](O)CN1C(=O)[C@H](C(C)C)N1Cc2ccccc2C1=O. The number of thiazole rings is 1. The van der Waals surface area contributed by atoms with Gasteiger partial charge in [0.15, 0.2) is 11.5 Å². The van der Waals surface area contributed by atoms with Gasteiger partial charge in [0.05, 0.1) is 79.5 Å². The molecule has 416 valence electrons. The maximum Gasteiger partial charge on any atom is 0.255 e. The molecule has 2 aliphatic heterocycles. The number of hydrogen-bond donors (Lipinski definition) is 3. The van der Waals surface area contributed by atoms with E-state index in [2.05, 4.69) is 25.6 Å². The smallest absolute Gasteiger partial charge is 0.255 e. The number of carbonyl (C=O) groups is 3. The summed E-state index contributed by atoms with van der Waals surface area (Å²) in [7, 11) is 1.55. The van der Waals surface area contributed by atoms with Gasteiger partial charge in [-0.3, -0.25) is 14.4 Å². The summed E-state index contributed by atoms with van der Waals surface area (Å²) in [4.78, 5) is 58.7. The molecular formula is C57H67ClFN7O11S. The minimum Gasteiger partial charge on any atom is -0.493 e. The van der Waals surface area contributed by atoms with E-state index in [1.54, 1.807) is 47.9 Å². The Morgan fingerprint density at radius 2 is 1.54 bits per heavy atom. The molecule has 4 aromatic carbocycles. The molecule has 3 N–H and O–H groups in total. The van der Waals surface area contributed by atoms with Crippen molar-refractivity contribution in [3.05, 3.63) is 118 Å². The van der Waals surface area contributed by atoms with E-state index < -0.39 is 29.9 Å². The van der Waals surface area contributed by atoms with E-state index in [1.807, 2.05) is 51.1 Å². The molecule has 18 nitrogen and oxygen atoms in total. The number of hydrogen-bond acceptors (Lipinski definition) is 16. The maximum atomic E-state index is 14.2. The largest absolute Gasteiger partial charge is 0.493 e. The standard InChI is InChI=1S/C57H67ClFN7O11S/c1-36(2)52(66-32-40-10-6-7-11-43(40)56(66)69)57(70)65-33-42(67)28-48(65)55(68)60-31-39-13-12-38(53-37(3)63-35-78-53)26-49(39)76-24-22-74-20-18-72-16-8-5-9-17-73-19-21-75-23-25-77-51-29-44-47(30-50(51)71-4)61-34-62-54(44)64-41-14-15-46(59)45(58)27-41/h6-7,10-15,26-27,29-30,34-36,42,48,52,67H,5,8-9,16-25,28,31-33H2,1-4H3,(H,60,68)(H,61,62,64)/t42-,48+,52+/m1/s1. The lowest BCUT2D eigenvalue weighted by Crippen LogP contribution is -2.55. The molecule has 0 saturated carbocycles. The Balaban J connectivity index is 0.692. The summed E-state index contributed by atoms with van der Waals surface area (Å²) in [5.74, 6) is 0.365. The average Bonchev–Trinajstić information content (AvgIpc) is 4.15. The van der Waals surface area contributed by atoms with Crippen LogP contribution in [0.5, 0.6) is 17.2 Å². The van der Waals surface area contributed by atoms with Crippen molar-refractivity contribution >= 4 is 63.1 Å². The fourth-order valence-corrected chi connectivity index (χ4v) is 10.4. The van der Waals surface area contributed by atoms with Crippen LogP contribution >= 0.6 is 22.9 Å². The molecule has 6 aromatic rings. The minimum absolute atomic E-state index is 0.00319. The predicted octanol–water partition coefficient (Wildman–Crippen LogP) is 8.56. The number of aliphatic hydroxyl groups excluding tert-OH is 1. The van der Waals surface area contributed by atoms with Crippen LogP contribution in [0.25, 0.3) is 21.3 Å². The van der Waals surface area contributed by atoms with E-state index in [0.717, 1.165) is 46.5 Å². The second-order valence-corrected chi connectivity index (χ2v) is 20.4. The third-order valence-electron chi connectivity index (χ3n) is 13.4. The monoisotopic (exact) mass is 1110 g/mol. The number of rotatable bonds is 30. The quantitative estimate of drug-likeness (QED) is 0.0362. The molecule has 8 rings (SSSR count). The molecule has 78 heavy (non-hydrogen) atoms. The zero-order chi connectivity index (χ0) is 55.0. The van der Waals surface area contributed by atoms with Crippen molar-refractivity contribution < 1.29 is 57.0 Å². The minimum atomic E-state index is -0.913. The van der Waals surface area contributed by atoms with Crippen molar-refractivity contribution in [2.24, 2.45) is 5.92 Å². The van der Waals surface area contributed by atoms with Crippen LogP contribution in [0.15, 0.2) is 84.6 Å². The van der Waals surface area contributed by atoms with E-state index in [0.29, 0.717) is 105 Å². The van der Waals surface area contributed by atoms with Crippen LogP contribution in [-0.4, -0.2) is 145 Å². The molecule has 0 unspecified atom stereocenters. The topological polar surface area (TPSA) is 205 Å². The molecule has 0 spiro atoms. The summed E-state index contributed by atoms with van der Waals surface area (Å²) in [5, 5.41) is 17.6. The number of ether oxygens (including phenoxy) is 7. The predicted molar refractivity (Wildman–Crippen MR) is 294 cm³/mol. The Labute approximate surface area is 462 Å². The van der Waals surface area contributed by atoms with Crippen LogP contribution in [0.4, 0.5) is 15.9 Å². The lowest BCUT2D eigenvalue weighted by Gasteiger charge is -2.35. The van der Waals surface area contributed by atoms with Gasteiger partial charge in [-0.05, 0) is 79.6 Å². The molecule has 1 saturated heterocycles. The Morgan fingerprint density at radius 3 is 2.22 bits per heavy atom. The summed E-state index contributed by atoms with van der Waals surface area (Å²) < 4.78 is 54.6. The van der Waals surface area contributed by atoms with Gasteiger partial charge in [-0.15, -0.1) is 11.3 Å². The number of β-amino-alcohol motifs (C(OH)–C–C–N with tert-alkyl or cyclic N) is 1. The summed E-state index contributed by atoms with van der Waals surface area (Å²) in [6.45, 7) is 10.3. The first-order valence-electron chi connectivity index (χ1n) is 26.2. The molecule has 0 bridgehead atoms. The van der Waals surface area contributed by atoms with Crippen LogP contribution in [-0.2, 0) is 41.6 Å². The van der Waals surface area contributed by atoms with Crippen LogP contribution in [0.2, 0.25) is 5.02 Å². The first-order valence-corrected chi connectivity index (χ1v) is 27.5. The van der Waals surface area contributed by atoms with E-state index in [4.69, 9.17) is 44.8 Å². The number of nitrogens with zero attached hydrogens (tertiary/aromatic N) is 5. The lowest BCUT2D eigenvalue weighted by atomic mass is 10.0. The van der Waals surface area contributed by atoms with E-state index in [1.165, 1.54) is 34.7 Å². The molecule has 0 aliphatic carbocycles. The highest BCUT2D eigenvalue weighted by Gasteiger charge is 2.46. The van der Waals surface area contributed by atoms with Gasteiger partial charge in [0.1, 0.15) is 49.0 Å². The number of aliphatic hydroxyl groups is 1. The number of methoxy groups -OCH3 is 1. The van der Waals surface area contributed by atoms with Crippen molar-refractivity contribution in [3.8, 4) is 27.7 Å². The van der Waals surface area contributed by atoms with E-state index in [-0.39, 0.29) is 55.5 Å². The molecule has 1 fully saturated rings. The van der Waals surface area contributed by atoms with Gasteiger partial charge < -0.3 is 58.7 Å². The molecule has 2 aromatic heterocycles. The van der Waals surface area contributed by atoms with Crippen molar-refractivity contribution in [1.29, 1.82) is 0 Å². The molecule has 21 heteroatoms. The van der Waals surface area contributed by atoms with Gasteiger partial charge >= 0.3 is 0 Å². The van der Waals surface area contributed by atoms with Gasteiger partial charge in [0, 0.05) is 67.5 Å². The Kier molecular flexibility index (Phi) is 21.0. The van der Waals surface area contributed by atoms with Crippen molar-refractivity contribution in [3.63, 3.8) is 0 Å². The summed E-state index contributed by atoms with van der Waals surface area (Å²) >= 11 is 7.50. The second kappa shape index (κ2) is 28.4. The third kappa shape index (κ3) is 15.0. The highest BCUT2D eigenvalue weighted by molar-refractivity contribution is 7.13. The average molecular weight is 1110 g/mol. The number of unbranched alkanes of at least 4 members (excludes halogenated alkanes) is 2. The first-order chi connectivity index (χ1) is 37.9. The van der Waals surface area contributed by atoms with Crippen LogP contribution in [0.3, 0.4) is 0 Å². The van der Waals surface area contributed by atoms with Gasteiger partial charge in [-0.1, -0.05) is 55.8 Å². The Hall–Kier alpha value is -6.52. The molecule has 4 heterocycles. The fraction of sp³-hybridized carbons (Fsp3) is 0.439. The molecule has 2 aliphatic rings. The number of halogens is 2. The van der Waals surface area contributed by atoms with E-state index >= 15 is 0 Å². The number of anilines is 2. The zero-order valence-electron chi connectivity index (χ0n) is 44.3. The zero-order valence-corrected chi connectivity index (χ0v) is 45.9. The number of likely N-dealkylation sites (tertiary alicyclic amines) is 1. The lowest BCUT2D eigenvalue weighted by molar-refractivity contribution is -0.143. The first kappa shape index (κ1) is 57.6. The number of carbonyl (C=O) groups excluding carboxylic acids is 3. The number of aryl methyl sites for hydroxylation is 1. The summed E-state index contributed by atoms with van der Waals surface area (Å²) in [5.41, 5.74) is 6.99. The van der Waals surface area contributed by atoms with Gasteiger partial charge in [0.2, 0.25) is 11.8 Å². The van der Waals surface area contributed by atoms with Gasteiger partial charge in [-0.25, -0.2) is 19.3 Å². The Morgan fingerprint density at radius 1 is 0.833 bits per heavy atom. The van der Waals surface area contributed by atoms with Crippen LogP contribution in [0, 0.1) is 18.7 Å². The molecule has 3 amide bonds. The highest BCUT2D eigenvalue weighted by Crippen LogP contribution is 2.36. The maximum absolute atomic E-state index is 14.2. The number of nitrogens with one attached hydrogen (secondary N) is 2. The number of amides is 3. The highest BCUT2D eigenvalue weighted by atomic mass is 35.5. The van der Waals surface area contributed by atoms with Gasteiger partial charge in [-0.2, -0.15) is 0 Å². The second-order valence-electron chi connectivity index (χ2n) is 19.2. The van der Waals surface area contributed by atoms with Crippen LogP contribution < -0.4 is 24.8 Å². The number of aromatic nitrogens is 3. The van der Waals surface area contributed by atoms with Gasteiger partial charge in [0.25, 0.3) is 5.91 Å². The van der Waals surface area contributed by atoms with E-state index in [9.17, 15) is 23.9 Å². The Bertz CT molecular complexity index is 2990. The summed E-state index contributed by atoms with van der Waals surface area (Å²) in [6.07, 6.45) is 3.36. The normalized spacial score (nSPS) is 15.5. The fourth-order valence-electron chi connectivity index (χ4n) is 9.41.